The molecule has 76 valence electrons. The molecule has 0 fully saturated rings. The van der Waals surface area contributed by atoms with Crippen molar-refractivity contribution < 1.29 is 0 Å². The van der Waals surface area contributed by atoms with E-state index in [1.807, 2.05) is 5.38 Å². The zero-order valence-electron chi connectivity index (χ0n) is 8.47. The van der Waals surface area contributed by atoms with Crippen LogP contribution in [0.1, 0.15) is 17.5 Å². The van der Waals surface area contributed by atoms with Gasteiger partial charge >= 0.3 is 0 Å². The number of hydrogen-bond acceptors (Lipinski definition) is 2. The Kier molecular flexibility index (Phi) is 3.69. The maximum Gasteiger partial charge on any atom is 0.0791 e. The van der Waals surface area contributed by atoms with E-state index in [1.54, 1.807) is 23.0 Å². The number of fused-ring (bicyclic) bond motifs is 1. The SMILES string of the molecule is C1=Cc2ccccc2CC1.c1cscn1. The quantitative estimate of drug-likeness (QED) is 0.651. The van der Waals surface area contributed by atoms with Gasteiger partial charge in [-0.2, -0.15) is 0 Å². The van der Waals surface area contributed by atoms with Gasteiger partial charge in [0.25, 0.3) is 0 Å². The van der Waals surface area contributed by atoms with Gasteiger partial charge in [-0.05, 0) is 24.0 Å². The van der Waals surface area contributed by atoms with E-state index in [4.69, 9.17) is 0 Å². The molecule has 0 radical (unpaired) electrons. The Hall–Kier alpha value is -1.41. The number of allylic oxidation sites excluding steroid dienone is 1. The Bertz CT molecular complexity index is 401. The van der Waals surface area contributed by atoms with Gasteiger partial charge in [-0.1, -0.05) is 36.4 Å². The number of nitrogens with zero attached hydrogens (tertiary/aromatic N) is 1. The minimum Gasteiger partial charge on any atom is -0.253 e. The van der Waals surface area contributed by atoms with Gasteiger partial charge < -0.3 is 0 Å². The molecule has 1 aliphatic carbocycles. The van der Waals surface area contributed by atoms with E-state index < -0.39 is 0 Å². The second-order valence-corrected chi connectivity index (χ2v) is 4.07. The summed E-state index contributed by atoms with van der Waals surface area (Å²) in [6.07, 6.45) is 8.63. The Labute approximate surface area is 94.1 Å². The molecule has 0 amide bonds. The first-order valence-corrected chi connectivity index (χ1v) is 5.98. The summed E-state index contributed by atoms with van der Waals surface area (Å²) < 4.78 is 0. The molecule has 0 saturated heterocycles. The molecule has 1 aromatic carbocycles. The normalized spacial score (nSPS) is 12.5. The summed E-state index contributed by atoms with van der Waals surface area (Å²) in [6, 6.07) is 8.58. The molecular weight excluding hydrogens is 202 g/mol. The van der Waals surface area contributed by atoms with E-state index in [-0.39, 0.29) is 0 Å². The van der Waals surface area contributed by atoms with Crippen LogP contribution in [0.4, 0.5) is 0 Å². The minimum absolute atomic E-state index is 1.21. The van der Waals surface area contributed by atoms with Gasteiger partial charge in [0.1, 0.15) is 0 Å². The van der Waals surface area contributed by atoms with Crippen LogP contribution in [-0.2, 0) is 6.42 Å². The van der Waals surface area contributed by atoms with Gasteiger partial charge in [0.15, 0.2) is 0 Å². The lowest BCUT2D eigenvalue weighted by Crippen LogP contribution is -1.91. The van der Waals surface area contributed by atoms with Crippen molar-refractivity contribution >= 4 is 17.4 Å². The molecule has 15 heavy (non-hydrogen) atoms. The molecule has 0 spiro atoms. The van der Waals surface area contributed by atoms with Crippen LogP contribution in [0.2, 0.25) is 0 Å². The summed E-state index contributed by atoms with van der Waals surface area (Å²) in [6.45, 7) is 0. The predicted octanol–water partition coefficient (Wildman–Crippen LogP) is 3.79. The summed E-state index contributed by atoms with van der Waals surface area (Å²) in [4.78, 5) is 3.74. The first-order chi connectivity index (χ1) is 7.47. The molecule has 3 rings (SSSR count). The van der Waals surface area contributed by atoms with Crippen molar-refractivity contribution in [3.8, 4) is 0 Å². The molecule has 1 aliphatic rings. The number of aromatic nitrogens is 1. The molecule has 2 aromatic rings. The molecule has 0 aliphatic heterocycles. The highest BCUT2D eigenvalue weighted by Gasteiger charge is 2.00. The standard InChI is InChI=1S/C10H10.C3H3NS/c1-2-6-10-8-4-3-7-9(10)5-1;1-2-5-3-4-1/h1-3,5-7H,4,8H2;1-3H. The van der Waals surface area contributed by atoms with Crippen molar-refractivity contribution in [2.24, 2.45) is 0 Å². The predicted molar refractivity (Wildman–Crippen MR) is 65.9 cm³/mol. The molecule has 0 bridgehead atoms. The summed E-state index contributed by atoms with van der Waals surface area (Å²) >= 11 is 1.60. The fourth-order valence-electron chi connectivity index (χ4n) is 1.55. The lowest BCUT2D eigenvalue weighted by atomic mass is 9.98. The van der Waals surface area contributed by atoms with E-state index in [0.717, 1.165) is 0 Å². The van der Waals surface area contributed by atoms with Crippen molar-refractivity contribution in [3.63, 3.8) is 0 Å². The molecule has 0 unspecified atom stereocenters. The molecule has 1 aromatic heterocycles. The Morgan fingerprint density at radius 1 is 1.20 bits per heavy atom. The monoisotopic (exact) mass is 215 g/mol. The highest BCUT2D eigenvalue weighted by molar-refractivity contribution is 7.07. The fraction of sp³-hybridized carbons (Fsp3) is 0.154. The second-order valence-electron chi connectivity index (χ2n) is 3.32. The summed E-state index contributed by atoms with van der Waals surface area (Å²) in [5.41, 5.74) is 4.68. The zero-order chi connectivity index (χ0) is 10.3. The third kappa shape index (κ3) is 3.03. The maximum atomic E-state index is 3.74. The zero-order valence-corrected chi connectivity index (χ0v) is 9.28. The van der Waals surface area contributed by atoms with Crippen LogP contribution >= 0.6 is 11.3 Å². The van der Waals surface area contributed by atoms with Crippen molar-refractivity contribution in [1.82, 2.24) is 4.98 Å². The van der Waals surface area contributed by atoms with Crippen LogP contribution in [0, 0.1) is 0 Å². The van der Waals surface area contributed by atoms with Gasteiger partial charge in [0.05, 0.1) is 5.51 Å². The Morgan fingerprint density at radius 3 is 2.80 bits per heavy atom. The summed E-state index contributed by atoms with van der Waals surface area (Å²) in [5, 5.41) is 1.93. The van der Waals surface area contributed by atoms with Crippen LogP contribution in [-0.4, -0.2) is 4.98 Å². The smallest absolute Gasteiger partial charge is 0.0791 e. The molecular formula is C13H13NS. The van der Waals surface area contributed by atoms with Crippen molar-refractivity contribution in [1.29, 1.82) is 0 Å². The lowest BCUT2D eigenvalue weighted by Gasteiger charge is -2.07. The summed E-state index contributed by atoms with van der Waals surface area (Å²) in [7, 11) is 0. The van der Waals surface area contributed by atoms with Crippen LogP contribution in [0.5, 0.6) is 0 Å². The van der Waals surface area contributed by atoms with Gasteiger partial charge in [0.2, 0.25) is 0 Å². The Morgan fingerprint density at radius 2 is 2.13 bits per heavy atom. The molecule has 2 heteroatoms. The molecule has 1 heterocycles. The first kappa shape index (κ1) is 10.1. The first-order valence-electron chi connectivity index (χ1n) is 5.03. The second kappa shape index (κ2) is 5.47. The average molecular weight is 215 g/mol. The van der Waals surface area contributed by atoms with Gasteiger partial charge in [-0.3, -0.25) is 4.98 Å². The third-order valence-corrected chi connectivity index (χ3v) is 2.80. The van der Waals surface area contributed by atoms with Crippen LogP contribution in [0.3, 0.4) is 0 Å². The van der Waals surface area contributed by atoms with Gasteiger partial charge in [0, 0.05) is 11.6 Å². The lowest BCUT2D eigenvalue weighted by molar-refractivity contribution is 0.986. The van der Waals surface area contributed by atoms with E-state index in [0.29, 0.717) is 0 Å². The topological polar surface area (TPSA) is 12.9 Å². The van der Waals surface area contributed by atoms with E-state index in [9.17, 15) is 0 Å². The summed E-state index contributed by atoms with van der Waals surface area (Å²) in [5.74, 6) is 0. The van der Waals surface area contributed by atoms with Crippen molar-refractivity contribution in [2.45, 2.75) is 12.8 Å². The van der Waals surface area contributed by atoms with Gasteiger partial charge in [-0.15, -0.1) is 11.3 Å². The Balaban J connectivity index is 0.000000144. The van der Waals surface area contributed by atoms with Crippen LogP contribution < -0.4 is 0 Å². The van der Waals surface area contributed by atoms with Crippen molar-refractivity contribution in [3.05, 3.63) is 58.6 Å². The molecule has 0 N–H and O–H groups in total. The van der Waals surface area contributed by atoms with Crippen LogP contribution in [0.15, 0.2) is 47.4 Å². The number of thiazole rings is 1. The minimum atomic E-state index is 1.21. The van der Waals surface area contributed by atoms with Crippen molar-refractivity contribution in [2.75, 3.05) is 0 Å². The third-order valence-electron chi connectivity index (χ3n) is 2.28. The number of benzene rings is 1. The fourth-order valence-corrected chi connectivity index (χ4v) is 1.90. The van der Waals surface area contributed by atoms with E-state index in [2.05, 4.69) is 41.4 Å². The molecule has 0 atom stereocenters. The van der Waals surface area contributed by atoms with Crippen LogP contribution in [0.25, 0.3) is 6.08 Å². The number of hydrogen-bond donors (Lipinski definition) is 0. The molecule has 0 saturated carbocycles. The van der Waals surface area contributed by atoms with E-state index >= 15 is 0 Å². The maximum absolute atomic E-state index is 3.74. The highest BCUT2D eigenvalue weighted by Crippen LogP contribution is 2.17. The number of aryl methyl sites for hydroxylation is 1. The largest absolute Gasteiger partial charge is 0.253 e. The average Bonchev–Trinajstić information content (AvgIpc) is 2.88. The number of rotatable bonds is 0. The van der Waals surface area contributed by atoms with Gasteiger partial charge in [-0.25, -0.2) is 0 Å². The highest BCUT2D eigenvalue weighted by atomic mass is 32.1. The van der Waals surface area contributed by atoms with E-state index in [1.165, 1.54) is 24.0 Å². The molecule has 1 nitrogen and oxygen atoms in total.